The van der Waals surface area contributed by atoms with E-state index in [0.717, 1.165) is 37.8 Å². The Bertz CT molecular complexity index is 1650. The van der Waals surface area contributed by atoms with Crippen molar-refractivity contribution in [1.82, 2.24) is 4.90 Å². The Kier molecular flexibility index (Phi) is 12.2. The molecule has 4 aliphatic carbocycles. The molecule has 3 saturated carbocycles. The van der Waals surface area contributed by atoms with Gasteiger partial charge in [-0.05, 0) is 112 Å². The fourth-order valence-corrected chi connectivity index (χ4v) is 14.4. The molecule has 0 radical (unpaired) electrons. The van der Waals surface area contributed by atoms with Gasteiger partial charge in [0.2, 0.25) is 0 Å². The second-order valence-electron chi connectivity index (χ2n) is 21.2. The number of carbonyl (C=O) groups excluding carboxylic acids is 1. The number of piperidine rings is 1. The first-order chi connectivity index (χ1) is 28.9. The zero-order valence-corrected chi connectivity index (χ0v) is 36.4. The van der Waals surface area contributed by atoms with E-state index in [1.807, 2.05) is 6.08 Å². The van der Waals surface area contributed by atoms with E-state index >= 15 is 0 Å². The molecule has 5 heterocycles. The van der Waals surface area contributed by atoms with Crippen LogP contribution < -0.4 is 0 Å². The largest absolute Gasteiger partial charge is 0.394 e. The van der Waals surface area contributed by atoms with Gasteiger partial charge in [0, 0.05) is 24.5 Å². The lowest BCUT2D eigenvalue weighted by atomic mass is 9.46. The van der Waals surface area contributed by atoms with Crippen LogP contribution in [0.3, 0.4) is 0 Å². The standard InChI is InChI=1S/C45H71NO15/c1-18-7-8-26-19(2)31-27(46(26)16-18)15-25-30-24(10-12-45(25,31)6)44(5)11-9-23(13-22(44)14-28(30)48)58-43-40(61-42-37(54)35(52)33(50)21(4)57-42)38(55)39(29(17-47)59-43)60-41-36(53)34(51)32(49)20(3)56-41/h14,18-21,23-27,29-43,47,49-55H,7-13,15-17H2,1-6H3. The van der Waals surface area contributed by atoms with Gasteiger partial charge in [0.15, 0.2) is 24.7 Å². The van der Waals surface area contributed by atoms with Crippen molar-refractivity contribution in [3.8, 4) is 0 Å². The zero-order valence-electron chi connectivity index (χ0n) is 36.4. The van der Waals surface area contributed by atoms with Crippen LogP contribution in [0.4, 0.5) is 0 Å². The normalized spacial score (nSPS) is 57.3. The second kappa shape index (κ2) is 16.6. The minimum atomic E-state index is -1.73. The highest BCUT2D eigenvalue weighted by atomic mass is 16.8. The molecule has 5 aliphatic heterocycles. The SMILES string of the molecule is CC1CCC2C(C)C3C(CC4C5C(=O)C=C6CC(OC7OC(CO)C(OC8OC(C)C(O)C(O)C8O)C(O)C7OC7OC(C)C(O)C(O)C7O)CCC6(C)C5CCC43C)N2C1. The highest BCUT2D eigenvalue weighted by Crippen LogP contribution is 2.69. The maximum absolute atomic E-state index is 14.5. The third-order valence-electron chi connectivity index (χ3n) is 17.8. The maximum atomic E-state index is 14.5. The number of ketones is 1. The molecule has 0 amide bonds. The molecule has 5 saturated heterocycles. The zero-order chi connectivity index (χ0) is 43.6. The van der Waals surface area contributed by atoms with Crippen molar-refractivity contribution in [2.45, 2.75) is 203 Å². The Morgan fingerprint density at radius 1 is 0.705 bits per heavy atom. The van der Waals surface area contributed by atoms with Crippen LogP contribution in [0.2, 0.25) is 0 Å². The third kappa shape index (κ3) is 7.25. The van der Waals surface area contributed by atoms with E-state index < -0.39 is 105 Å². The van der Waals surface area contributed by atoms with Crippen molar-refractivity contribution in [3.05, 3.63) is 11.6 Å². The molecular weight excluding hydrogens is 794 g/mol. The summed E-state index contributed by atoms with van der Waals surface area (Å²) < 4.78 is 36.5. The molecule has 16 nitrogen and oxygen atoms in total. The van der Waals surface area contributed by atoms with Gasteiger partial charge in [-0.1, -0.05) is 33.3 Å². The Labute approximate surface area is 358 Å². The van der Waals surface area contributed by atoms with Gasteiger partial charge in [0.05, 0.1) is 24.9 Å². The first-order valence-electron chi connectivity index (χ1n) is 23.2. The first kappa shape index (κ1) is 45.0. The molecule has 8 N–H and O–H groups in total. The molecule has 0 aromatic carbocycles. The predicted octanol–water partition coefficient (Wildman–Crippen LogP) is 0.362. The molecule has 61 heavy (non-hydrogen) atoms. The quantitative estimate of drug-likeness (QED) is 0.173. The van der Waals surface area contributed by atoms with Gasteiger partial charge in [0.25, 0.3) is 0 Å². The topological polar surface area (TPSA) is 238 Å². The van der Waals surface area contributed by atoms with E-state index in [1.54, 1.807) is 0 Å². The van der Waals surface area contributed by atoms with Crippen LogP contribution in [0.25, 0.3) is 0 Å². The molecule has 0 bridgehead atoms. The number of nitrogens with zero attached hydrogens (tertiary/aromatic N) is 1. The van der Waals surface area contributed by atoms with E-state index in [1.165, 1.54) is 26.7 Å². The van der Waals surface area contributed by atoms with Crippen molar-refractivity contribution >= 4 is 5.78 Å². The van der Waals surface area contributed by atoms with E-state index in [0.29, 0.717) is 48.6 Å². The number of hydrogen-bond donors (Lipinski definition) is 8. The third-order valence-corrected chi connectivity index (χ3v) is 17.8. The summed E-state index contributed by atoms with van der Waals surface area (Å²) in [6, 6.07) is 1.20. The van der Waals surface area contributed by atoms with Crippen molar-refractivity contribution < 1.29 is 74.1 Å². The minimum Gasteiger partial charge on any atom is -0.394 e. The van der Waals surface area contributed by atoms with Crippen LogP contribution in [-0.2, 0) is 33.2 Å². The number of fused-ring (bicyclic) bond motifs is 9. The monoisotopic (exact) mass is 865 g/mol. The lowest BCUT2D eigenvalue weighted by Crippen LogP contribution is -2.66. The molecule has 9 rings (SSSR count). The lowest BCUT2D eigenvalue weighted by molar-refractivity contribution is -0.388. The minimum absolute atomic E-state index is 0.0162. The molecule has 0 spiro atoms. The molecule has 9 aliphatic rings. The van der Waals surface area contributed by atoms with Gasteiger partial charge in [-0.2, -0.15) is 0 Å². The highest BCUT2D eigenvalue weighted by molar-refractivity contribution is 5.94. The fraction of sp³-hybridized carbons (Fsp3) is 0.933. The van der Waals surface area contributed by atoms with Crippen LogP contribution in [0.1, 0.15) is 92.9 Å². The van der Waals surface area contributed by atoms with E-state index in [9.17, 15) is 45.6 Å². The molecule has 26 atom stereocenters. The number of hydrogen-bond acceptors (Lipinski definition) is 16. The average molecular weight is 866 g/mol. The van der Waals surface area contributed by atoms with Crippen LogP contribution in [0.15, 0.2) is 11.6 Å². The summed E-state index contributed by atoms with van der Waals surface area (Å²) in [6.07, 6.45) is -12.9. The number of aliphatic hydroxyl groups is 8. The summed E-state index contributed by atoms with van der Waals surface area (Å²) in [5.41, 5.74) is 0.966. The molecule has 346 valence electrons. The van der Waals surface area contributed by atoms with Crippen LogP contribution >= 0.6 is 0 Å². The summed E-state index contributed by atoms with van der Waals surface area (Å²) in [5.74, 6) is 2.70. The van der Waals surface area contributed by atoms with Gasteiger partial charge < -0.3 is 69.3 Å². The van der Waals surface area contributed by atoms with Crippen molar-refractivity contribution in [2.75, 3.05) is 13.2 Å². The van der Waals surface area contributed by atoms with E-state index in [4.69, 9.17) is 28.4 Å². The Morgan fingerprint density at radius 2 is 1.34 bits per heavy atom. The predicted molar refractivity (Wildman–Crippen MR) is 214 cm³/mol. The van der Waals surface area contributed by atoms with Gasteiger partial charge in [-0.15, -0.1) is 0 Å². The number of allylic oxidation sites excluding steroid dienone is 1. The van der Waals surface area contributed by atoms with Crippen LogP contribution in [-0.4, -0.2) is 175 Å². The number of ether oxygens (including phenoxy) is 6. The van der Waals surface area contributed by atoms with Crippen molar-refractivity contribution in [1.29, 1.82) is 0 Å². The Hall–Kier alpha value is -1.19. The van der Waals surface area contributed by atoms with Crippen LogP contribution in [0, 0.1) is 46.3 Å². The molecule has 26 unspecified atom stereocenters. The smallest absolute Gasteiger partial charge is 0.187 e. The van der Waals surface area contributed by atoms with Gasteiger partial charge in [0.1, 0.15) is 61.0 Å². The van der Waals surface area contributed by atoms with Gasteiger partial charge in [-0.3, -0.25) is 9.69 Å². The number of carbonyl (C=O) groups is 1. The Morgan fingerprint density at radius 3 is 1.98 bits per heavy atom. The summed E-state index contributed by atoms with van der Waals surface area (Å²) in [6.45, 7) is 13.1. The average Bonchev–Trinajstić information content (AvgIpc) is 3.69. The Balaban J connectivity index is 0.944. The lowest BCUT2D eigenvalue weighted by Gasteiger charge is -2.58. The molecule has 16 heteroatoms. The second-order valence-corrected chi connectivity index (χ2v) is 21.2. The maximum Gasteiger partial charge on any atom is 0.187 e. The van der Waals surface area contributed by atoms with E-state index in [2.05, 4.69) is 32.6 Å². The molecule has 8 fully saturated rings. The molecular formula is C45H71NO15. The summed E-state index contributed by atoms with van der Waals surface area (Å²) in [5, 5.41) is 85.9. The van der Waals surface area contributed by atoms with Crippen molar-refractivity contribution in [3.63, 3.8) is 0 Å². The number of aliphatic hydroxyl groups excluding tert-OH is 8. The summed E-state index contributed by atoms with van der Waals surface area (Å²) in [7, 11) is 0. The highest BCUT2D eigenvalue weighted by Gasteiger charge is 2.68. The first-order valence-corrected chi connectivity index (χ1v) is 23.2. The van der Waals surface area contributed by atoms with E-state index in [-0.39, 0.29) is 28.4 Å². The number of rotatable bonds is 7. The summed E-state index contributed by atoms with van der Waals surface area (Å²) >= 11 is 0. The fourth-order valence-electron chi connectivity index (χ4n) is 14.4. The van der Waals surface area contributed by atoms with Crippen LogP contribution in [0.5, 0.6) is 0 Å². The van der Waals surface area contributed by atoms with Crippen molar-refractivity contribution in [2.24, 2.45) is 46.3 Å². The summed E-state index contributed by atoms with van der Waals surface area (Å²) in [4.78, 5) is 17.4. The molecule has 0 aromatic rings. The van der Waals surface area contributed by atoms with Gasteiger partial charge >= 0.3 is 0 Å². The van der Waals surface area contributed by atoms with Gasteiger partial charge in [-0.25, -0.2) is 0 Å². The molecule has 0 aromatic heterocycles.